The Balaban J connectivity index is 2.68. The van der Waals surface area contributed by atoms with E-state index in [2.05, 4.69) is 50.4 Å². The zero-order valence-electron chi connectivity index (χ0n) is 47.3. The number of unbranched alkanes of at least 4 members (excludes halogenated alkanes) is 34. The predicted octanol–water partition coefficient (Wildman–Crippen LogP) is 14.3. The van der Waals surface area contributed by atoms with Crippen molar-refractivity contribution in [2.75, 3.05) is 13.2 Å². The van der Waals surface area contributed by atoms with Gasteiger partial charge in [-0.15, -0.1) is 0 Å². The summed E-state index contributed by atoms with van der Waals surface area (Å²) in [5, 5.41) is 56.9. The first kappa shape index (κ1) is 68.9. The highest BCUT2D eigenvalue weighted by Gasteiger charge is 2.47. The van der Waals surface area contributed by atoms with Gasteiger partial charge in [-0.1, -0.05) is 237 Å². The summed E-state index contributed by atoms with van der Waals surface area (Å²) in [7, 11) is 0. The topological polar surface area (TPSA) is 175 Å². The average Bonchev–Trinajstić information content (AvgIpc) is 3.39. The Labute approximate surface area is 447 Å². The van der Waals surface area contributed by atoms with Crippen molar-refractivity contribution in [3.63, 3.8) is 0 Å². The van der Waals surface area contributed by atoms with Gasteiger partial charge in [-0.05, 0) is 77.0 Å². The highest BCUT2D eigenvalue weighted by atomic mass is 16.7. The van der Waals surface area contributed by atoms with Gasteiger partial charge in [0.25, 0.3) is 0 Å². The van der Waals surface area contributed by atoms with Gasteiger partial charge in [0.1, 0.15) is 24.4 Å². The van der Waals surface area contributed by atoms with Crippen LogP contribution in [0.5, 0.6) is 0 Å². The molecule has 8 unspecified atom stereocenters. The zero-order chi connectivity index (χ0) is 53.3. The lowest BCUT2D eigenvalue weighted by Gasteiger charge is -2.41. The molecule has 428 valence electrons. The van der Waals surface area contributed by atoms with Crippen LogP contribution in [0.15, 0.2) is 36.5 Å². The van der Waals surface area contributed by atoms with Crippen LogP contribution in [0.2, 0.25) is 0 Å². The number of ether oxygens (including phenoxy) is 3. The standard InChI is InChI=1S/C62H115NO10/c1-4-7-10-13-16-19-22-24-26-28-30-32-35-38-41-44-47-50-57(67)73-60-59(69)58(68)56(51-64)72-62(60)71-52-53(54(65)48-45-42-39-36-33-21-18-15-12-9-6-3)63-61(70)55(66)49-46-43-40-37-34-31-29-27-25-23-20-17-14-11-8-5-2/h24-27,45,48,53-56,58-60,62,64-66,68-69H,4-23,28-44,46-47,49-52H2,1-3H3,(H,63,70)/b26-24+,27-25+,48-45+. The normalized spacial score (nSPS) is 19.6. The lowest BCUT2D eigenvalue weighted by molar-refractivity contribution is -0.305. The highest BCUT2D eigenvalue weighted by Crippen LogP contribution is 2.26. The molecule has 0 saturated carbocycles. The van der Waals surface area contributed by atoms with Gasteiger partial charge in [-0.2, -0.15) is 0 Å². The van der Waals surface area contributed by atoms with Crippen LogP contribution in [-0.2, 0) is 23.8 Å². The molecule has 1 aliphatic rings. The summed E-state index contributed by atoms with van der Waals surface area (Å²) in [5.41, 5.74) is 0. The number of esters is 1. The maximum atomic E-state index is 13.4. The van der Waals surface area contributed by atoms with E-state index in [0.717, 1.165) is 83.5 Å². The van der Waals surface area contributed by atoms with Gasteiger partial charge in [-0.25, -0.2) is 0 Å². The molecule has 1 aliphatic heterocycles. The molecular formula is C62H115NO10. The largest absolute Gasteiger partial charge is 0.454 e. The fourth-order valence-electron chi connectivity index (χ4n) is 9.58. The first-order valence-electron chi connectivity index (χ1n) is 30.8. The molecule has 8 atom stereocenters. The maximum absolute atomic E-state index is 13.4. The van der Waals surface area contributed by atoms with Crippen molar-refractivity contribution in [2.24, 2.45) is 0 Å². The molecule has 1 fully saturated rings. The molecule has 11 heteroatoms. The Morgan fingerprint density at radius 1 is 0.521 bits per heavy atom. The Bertz CT molecular complexity index is 1330. The number of hydrogen-bond acceptors (Lipinski definition) is 10. The van der Waals surface area contributed by atoms with Crippen LogP contribution in [0, 0.1) is 0 Å². The molecule has 6 N–H and O–H groups in total. The first-order valence-corrected chi connectivity index (χ1v) is 30.8. The van der Waals surface area contributed by atoms with Crippen LogP contribution in [0.25, 0.3) is 0 Å². The van der Waals surface area contributed by atoms with E-state index < -0.39 is 67.4 Å². The number of carbonyl (C=O) groups is 2. The van der Waals surface area contributed by atoms with Crippen LogP contribution >= 0.6 is 0 Å². The molecule has 1 heterocycles. The second-order valence-corrected chi connectivity index (χ2v) is 21.4. The number of rotatable bonds is 52. The van der Waals surface area contributed by atoms with E-state index in [1.807, 2.05) is 6.08 Å². The van der Waals surface area contributed by atoms with Crippen LogP contribution in [0.4, 0.5) is 0 Å². The van der Waals surface area contributed by atoms with Crippen molar-refractivity contribution in [1.82, 2.24) is 5.32 Å². The molecule has 1 amide bonds. The van der Waals surface area contributed by atoms with Crippen LogP contribution < -0.4 is 5.32 Å². The fourth-order valence-corrected chi connectivity index (χ4v) is 9.58. The molecular weight excluding hydrogens is 919 g/mol. The molecule has 0 aromatic carbocycles. The molecule has 0 spiro atoms. The lowest BCUT2D eigenvalue weighted by atomic mass is 9.99. The molecule has 1 rings (SSSR count). The minimum atomic E-state index is -1.61. The number of nitrogens with one attached hydrogen (secondary N) is 1. The Morgan fingerprint density at radius 2 is 0.904 bits per heavy atom. The van der Waals surface area contributed by atoms with Gasteiger partial charge >= 0.3 is 5.97 Å². The quantitative estimate of drug-likeness (QED) is 0.0195. The highest BCUT2D eigenvalue weighted by molar-refractivity contribution is 5.80. The van der Waals surface area contributed by atoms with Crippen LogP contribution in [0.3, 0.4) is 0 Å². The Kier molecular flexibility index (Phi) is 47.8. The monoisotopic (exact) mass is 1030 g/mol. The first-order chi connectivity index (χ1) is 35.7. The average molecular weight is 1030 g/mol. The second-order valence-electron chi connectivity index (χ2n) is 21.4. The number of carbonyl (C=O) groups excluding carboxylic acids is 2. The van der Waals surface area contributed by atoms with Gasteiger partial charge in [0.05, 0.1) is 25.4 Å². The number of amides is 1. The van der Waals surface area contributed by atoms with E-state index in [1.165, 1.54) is 154 Å². The van der Waals surface area contributed by atoms with Gasteiger partial charge in [0, 0.05) is 6.42 Å². The van der Waals surface area contributed by atoms with Gasteiger partial charge in [-0.3, -0.25) is 9.59 Å². The number of aliphatic hydroxyl groups is 5. The molecule has 1 saturated heterocycles. The van der Waals surface area contributed by atoms with Crippen molar-refractivity contribution in [1.29, 1.82) is 0 Å². The fraction of sp³-hybridized carbons (Fsp3) is 0.871. The molecule has 0 aromatic heterocycles. The van der Waals surface area contributed by atoms with Crippen molar-refractivity contribution in [3.05, 3.63) is 36.5 Å². The maximum Gasteiger partial charge on any atom is 0.306 e. The lowest BCUT2D eigenvalue weighted by Crippen LogP contribution is -2.61. The zero-order valence-corrected chi connectivity index (χ0v) is 47.3. The van der Waals surface area contributed by atoms with E-state index >= 15 is 0 Å². The molecule has 0 radical (unpaired) electrons. The number of allylic oxidation sites excluding steroid dienone is 5. The Hall–Kier alpha value is -2.12. The summed E-state index contributed by atoms with van der Waals surface area (Å²) < 4.78 is 17.6. The predicted molar refractivity (Wildman–Crippen MR) is 301 cm³/mol. The second kappa shape index (κ2) is 50.7. The van der Waals surface area contributed by atoms with Crippen molar-refractivity contribution >= 4 is 11.9 Å². The van der Waals surface area contributed by atoms with E-state index in [4.69, 9.17) is 14.2 Å². The van der Waals surface area contributed by atoms with Gasteiger partial charge in [0.15, 0.2) is 12.4 Å². The Morgan fingerprint density at radius 3 is 1.33 bits per heavy atom. The minimum Gasteiger partial charge on any atom is -0.454 e. The van der Waals surface area contributed by atoms with Crippen LogP contribution in [-0.4, -0.2) is 99.6 Å². The third-order valence-electron chi connectivity index (χ3n) is 14.5. The van der Waals surface area contributed by atoms with E-state index in [0.29, 0.717) is 12.8 Å². The SMILES string of the molecule is CCCCCCCC/C=C/CCCCCCCCCC(=O)OC1C(OCC(NC(=O)C(O)CCCCCCCC/C=C/CCCCCCCC)C(O)/C=C/CCCCCCCCCCC)OC(CO)C(O)C1O. The number of aliphatic hydroxyl groups excluding tert-OH is 5. The molecule has 0 bridgehead atoms. The summed E-state index contributed by atoms with van der Waals surface area (Å²) in [5.74, 6) is -1.20. The van der Waals surface area contributed by atoms with Crippen molar-refractivity contribution in [3.8, 4) is 0 Å². The summed E-state index contributed by atoms with van der Waals surface area (Å²) >= 11 is 0. The minimum absolute atomic E-state index is 0.120. The smallest absolute Gasteiger partial charge is 0.306 e. The van der Waals surface area contributed by atoms with Crippen molar-refractivity contribution < 1.29 is 49.3 Å². The summed E-state index contributed by atoms with van der Waals surface area (Å²) in [6.45, 7) is 5.78. The van der Waals surface area contributed by atoms with Gasteiger partial charge in [0.2, 0.25) is 5.91 Å². The summed E-state index contributed by atoms with van der Waals surface area (Å²) in [4.78, 5) is 26.5. The molecule has 11 nitrogen and oxygen atoms in total. The van der Waals surface area contributed by atoms with E-state index in [-0.39, 0.29) is 19.4 Å². The molecule has 0 aliphatic carbocycles. The summed E-state index contributed by atoms with van der Waals surface area (Å²) in [6.07, 6.45) is 48.9. The number of hydrogen-bond donors (Lipinski definition) is 6. The van der Waals surface area contributed by atoms with Crippen LogP contribution in [0.1, 0.15) is 284 Å². The van der Waals surface area contributed by atoms with E-state index in [1.54, 1.807) is 6.08 Å². The third-order valence-corrected chi connectivity index (χ3v) is 14.5. The van der Waals surface area contributed by atoms with Gasteiger partial charge < -0.3 is 45.1 Å². The summed E-state index contributed by atoms with van der Waals surface area (Å²) in [6, 6.07) is -1.02. The van der Waals surface area contributed by atoms with Crippen molar-refractivity contribution in [2.45, 2.75) is 333 Å². The molecule has 73 heavy (non-hydrogen) atoms. The molecule has 0 aromatic rings. The third kappa shape index (κ3) is 39.0. The van der Waals surface area contributed by atoms with E-state index in [9.17, 15) is 35.1 Å².